The summed E-state index contributed by atoms with van der Waals surface area (Å²) in [5.41, 5.74) is 3.06. The maximum Gasteiger partial charge on any atom is 0.255 e. The highest BCUT2D eigenvalue weighted by molar-refractivity contribution is 9.10. The molecule has 122 valence electrons. The van der Waals surface area contributed by atoms with Crippen molar-refractivity contribution in [1.29, 1.82) is 0 Å². The number of nitrogens with zero attached hydrogens (tertiary/aromatic N) is 1. The molecule has 3 nitrogen and oxygen atoms in total. The van der Waals surface area contributed by atoms with E-state index < -0.39 is 0 Å². The first-order valence-electron chi connectivity index (χ1n) is 8.10. The fourth-order valence-electron chi connectivity index (χ4n) is 3.74. The first-order valence-corrected chi connectivity index (χ1v) is 8.89. The number of hydrogen-bond donors (Lipinski definition) is 0. The van der Waals surface area contributed by atoms with Crippen LogP contribution in [0.15, 0.2) is 59.1 Å². The van der Waals surface area contributed by atoms with Crippen LogP contribution in [0.2, 0.25) is 0 Å². The van der Waals surface area contributed by atoms with Gasteiger partial charge in [-0.15, -0.1) is 0 Å². The van der Waals surface area contributed by atoms with Crippen molar-refractivity contribution in [3.05, 3.63) is 75.8 Å². The number of rotatable bonds is 2. The summed E-state index contributed by atoms with van der Waals surface area (Å²) < 4.78 is 6.31. The average Bonchev–Trinajstić information content (AvgIpc) is 2.77. The maximum atomic E-state index is 13.1. The molecule has 4 heteroatoms. The molecule has 0 bridgehead atoms. The van der Waals surface area contributed by atoms with E-state index in [1.54, 1.807) is 7.11 Å². The molecule has 24 heavy (non-hydrogen) atoms. The molecule has 2 aliphatic heterocycles. The Morgan fingerprint density at radius 3 is 2.67 bits per heavy atom. The second-order valence-corrected chi connectivity index (χ2v) is 7.11. The number of fused-ring (bicyclic) bond motifs is 3. The molecule has 2 aliphatic rings. The van der Waals surface area contributed by atoms with Gasteiger partial charge in [-0.1, -0.05) is 46.3 Å². The molecule has 0 aliphatic carbocycles. The van der Waals surface area contributed by atoms with Gasteiger partial charge in [0.1, 0.15) is 5.75 Å². The third-order valence-corrected chi connectivity index (χ3v) is 5.37. The Morgan fingerprint density at radius 2 is 1.88 bits per heavy atom. The Bertz CT molecular complexity index is 830. The highest BCUT2D eigenvalue weighted by Gasteiger charge is 2.41. The van der Waals surface area contributed by atoms with Crippen molar-refractivity contribution >= 4 is 21.8 Å². The first-order chi connectivity index (χ1) is 11.7. The third kappa shape index (κ3) is 2.46. The van der Waals surface area contributed by atoms with Gasteiger partial charge in [0.2, 0.25) is 0 Å². The van der Waals surface area contributed by atoms with E-state index in [0.29, 0.717) is 0 Å². The number of amides is 1. The van der Waals surface area contributed by atoms with Crippen molar-refractivity contribution in [1.82, 2.24) is 4.90 Å². The van der Waals surface area contributed by atoms with Crippen LogP contribution in [-0.4, -0.2) is 17.9 Å². The van der Waals surface area contributed by atoms with E-state index in [0.717, 1.165) is 39.8 Å². The van der Waals surface area contributed by atoms with Crippen molar-refractivity contribution in [2.24, 2.45) is 0 Å². The molecule has 0 aromatic heterocycles. The SMILES string of the molecule is COc1cccc(C2CC=CCC3c4ccc(Br)cc4C(=O)N23)c1. The molecule has 2 heterocycles. The van der Waals surface area contributed by atoms with Crippen LogP contribution < -0.4 is 4.74 Å². The van der Waals surface area contributed by atoms with Gasteiger partial charge in [-0.2, -0.15) is 0 Å². The zero-order valence-electron chi connectivity index (χ0n) is 13.4. The van der Waals surface area contributed by atoms with Gasteiger partial charge in [-0.3, -0.25) is 4.79 Å². The standard InChI is InChI=1S/C20H18BrNO2/c1-24-15-6-4-5-13(11-15)18-7-2-3-8-19-16-10-9-14(21)12-17(16)20(23)22(18)19/h2-6,9-12,18-19H,7-8H2,1H3. The number of hydrogen-bond acceptors (Lipinski definition) is 2. The summed E-state index contributed by atoms with van der Waals surface area (Å²) in [7, 11) is 1.67. The zero-order valence-corrected chi connectivity index (χ0v) is 15.0. The minimum atomic E-state index is 0.0301. The van der Waals surface area contributed by atoms with Crippen LogP contribution in [0.3, 0.4) is 0 Å². The monoisotopic (exact) mass is 383 g/mol. The molecule has 0 saturated heterocycles. The Kier molecular flexibility index (Phi) is 3.93. The van der Waals surface area contributed by atoms with Gasteiger partial charge in [0.25, 0.3) is 5.91 Å². The highest BCUT2D eigenvalue weighted by Crippen LogP contribution is 2.45. The number of carbonyl (C=O) groups excluding carboxylic acids is 1. The number of ether oxygens (including phenoxy) is 1. The third-order valence-electron chi connectivity index (χ3n) is 4.87. The molecular weight excluding hydrogens is 366 g/mol. The highest BCUT2D eigenvalue weighted by atomic mass is 79.9. The summed E-state index contributed by atoms with van der Waals surface area (Å²) in [5.74, 6) is 0.942. The lowest BCUT2D eigenvalue weighted by molar-refractivity contribution is 0.0634. The van der Waals surface area contributed by atoms with E-state index in [9.17, 15) is 4.79 Å². The predicted octanol–water partition coefficient (Wildman–Crippen LogP) is 5.05. The van der Waals surface area contributed by atoms with Crippen molar-refractivity contribution in [3.63, 3.8) is 0 Å². The fourth-order valence-corrected chi connectivity index (χ4v) is 4.10. The molecule has 0 spiro atoms. The molecule has 2 atom stereocenters. The van der Waals surface area contributed by atoms with E-state index in [1.807, 2.05) is 35.2 Å². The van der Waals surface area contributed by atoms with Gasteiger partial charge in [-0.25, -0.2) is 0 Å². The summed E-state index contributed by atoms with van der Waals surface area (Å²) in [6.07, 6.45) is 6.07. The molecule has 2 unspecified atom stereocenters. The van der Waals surface area contributed by atoms with Crippen LogP contribution in [0.25, 0.3) is 0 Å². The molecule has 0 radical (unpaired) electrons. The number of benzene rings is 2. The Hall–Kier alpha value is -2.07. The maximum absolute atomic E-state index is 13.1. The summed E-state index contributed by atoms with van der Waals surface area (Å²) in [6.45, 7) is 0. The van der Waals surface area contributed by atoms with Gasteiger partial charge < -0.3 is 9.64 Å². The lowest BCUT2D eigenvalue weighted by atomic mass is 10.0. The minimum absolute atomic E-state index is 0.0301. The van der Waals surface area contributed by atoms with Crippen molar-refractivity contribution in [2.45, 2.75) is 24.9 Å². The Balaban J connectivity index is 1.80. The van der Waals surface area contributed by atoms with E-state index in [2.05, 4.69) is 40.2 Å². The van der Waals surface area contributed by atoms with E-state index >= 15 is 0 Å². The Labute approximate surface area is 150 Å². The molecule has 1 amide bonds. The molecule has 0 saturated carbocycles. The lowest BCUT2D eigenvalue weighted by Crippen LogP contribution is -2.31. The van der Waals surface area contributed by atoms with Gasteiger partial charge in [0.05, 0.1) is 19.2 Å². The van der Waals surface area contributed by atoms with E-state index in [1.165, 1.54) is 0 Å². The van der Waals surface area contributed by atoms with Crippen molar-refractivity contribution < 1.29 is 9.53 Å². The molecule has 0 N–H and O–H groups in total. The van der Waals surface area contributed by atoms with Crippen LogP contribution in [0, 0.1) is 0 Å². The second-order valence-electron chi connectivity index (χ2n) is 6.20. The van der Waals surface area contributed by atoms with Crippen LogP contribution >= 0.6 is 15.9 Å². The summed E-state index contributed by atoms with van der Waals surface area (Å²) in [4.78, 5) is 15.2. The van der Waals surface area contributed by atoms with E-state index in [-0.39, 0.29) is 18.0 Å². The summed E-state index contributed by atoms with van der Waals surface area (Å²) in [5, 5.41) is 0. The predicted molar refractivity (Wildman–Crippen MR) is 97.2 cm³/mol. The van der Waals surface area contributed by atoms with Crippen LogP contribution in [0.1, 0.15) is 46.4 Å². The smallest absolute Gasteiger partial charge is 0.255 e. The van der Waals surface area contributed by atoms with Gasteiger partial charge in [0.15, 0.2) is 0 Å². The summed E-state index contributed by atoms with van der Waals surface area (Å²) in [6, 6.07) is 14.2. The fraction of sp³-hybridized carbons (Fsp3) is 0.250. The molecule has 0 fully saturated rings. The zero-order chi connectivity index (χ0) is 16.7. The topological polar surface area (TPSA) is 29.5 Å². The normalized spacial score (nSPS) is 22.1. The lowest BCUT2D eigenvalue weighted by Gasteiger charge is -2.32. The van der Waals surface area contributed by atoms with Crippen LogP contribution in [0.5, 0.6) is 5.75 Å². The number of halogens is 1. The largest absolute Gasteiger partial charge is 0.497 e. The van der Waals surface area contributed by atoms with Crippen molar-refractivity contribution in [2.75, 3.05) is 7.11 Å². The average molecular weight is 384 g/mol. The molecule has 2 aromatic rings. The number of carbonyl (C=O) groups is 1. The van der Waals surface area contributed by atoms with Gasteiger partial charge in [0, 0.05) is 10.0 Å². The minimum Gasteiger partial charge on any atom is -0.497 e. The van der Waals surface area contributed by atoms with Crippen molar-refractivity contribution in [3.8, 4) is 5.75 Å². The first kappa shape index (κ1) is 15.5. The molecule has 4 rings (SSSR count). The number of methoxy groups -OCH3 is 1. The van der Waals surface area contributed by atoms with Crippen LogP contribution in [0.4, 0.5) is 0 Å². The van der Waals surface area contributed by atoms with Gasteiger partial charge in [-0.05, 0) is 48.2 Å². The van der Waals surface area contributed by atoms with Gasteiger partial charge >= 0.3 is 0 Å². The Morgan fingerprint density at radius 1 is 1.08 bits per heavy atom. The molecule has 2 aromatic carbocycles. The quantitative estimate of drug-likeness (QED) is 0.679. The van der Waals surface area contributed by atoms with E-state index in [4.69, 9.17) is 4.74 Å². The van der Waals surface area contributed by atoms with Crippen LogP contribution in [-0.2, 0) is 0 Å². The molecular formula is C20H18BrNO2. The summed E-state index contributed by atoms with van der Waals surface area (Å²) >= 11 is 3.48. The second kappa shape index (κ2) is 6.10.